The van der Waals surface area contributed by atoms with E-state index in [2.05, 4.69) is 10.3 Å². The number of rotatable bonds is 4. The van der Waals surface area contributed by atoms with E-state index in [1.807, 2.05) is 0 Å². The summed E-state index contributed by atoms with van der Waals surface area (Å²) in [5, 5.41) is 2.79. The lowest BCUT2D eigenvalue weighted by Gasteiger charge is -2.20. The molecule has 6 nitrogen and oxygen atoms in total. The van der Waals surface area contributed by atoms with Crippen LogP contribution in [-0.2, 0) is 4.79 Å². The number of hydrogen-bond acceptors (Lipinski definition) is 4. The largest absolute Gasteiger partial charge is 0.480 e. The van der Waals surface area contributed by atoms with Crippen LogP contribution in [0.1, 0.15) is 42.5 Å². The summed E-state index contributed by atoms with van der Waals surface area (Å²) < 4.78 is 4.96. The molecule has 1 aliphatic carbocycles. The number of pyridine rings is 1. The SMILES string of the molecule is COc1ncc(NC(=O)C2CCCCC2)cc1C(N)=O. The van der Waals surface area contributed by atoms with Crippen molar-refractivity contribution >= 4 is 17.5 Å². The Hall–Kier alpha value is -2.11. The van der Waals surface area contributed by atoms with Crippen molar-refractivity contribution in [1.29, 1.82) is 0 Å². The van der Waals surface area contributed by atoms with E-state index >= 15 is 0 Å². The van der Waals surface area contributed by atoms with Gasteiger partial charge in [0.15, 0.2) is 0 Å². The summed E-state index contributed by atoms with van der Waals surface area (Å²) in [5.74, 6) is -0.453. The third-order valence-corrected chi connectivity index (χ3v) is 3.55. The summed E-state index contributed by atoms with van der Waals surface area (Å²) in [4.78, 5) is 27.4. The lowest BCUT2D eigenvalue weighted by Crippen LogP contribution is -2.25. The highest BCUT2D eigenvalue weighted by Gasteiger charge is 2.21. The number of carbonyl (C=O) groups excluding carboxylic acids is 2. The second-order valence-electron chi connectivity index (χ2n) is 4.97. The van der Waals surface area contributed by atoms with Crippen LogP contribution in [0.15, 0.2) is 12.3 Å². The van der Waals surface area contributed by atoms with E-state index in [1.165, 1.54) is 25.8 Å². The quantitative estimate of drug-likeness (QED) is 0.875. The van der Waals surface area contributed by atoms with Gasteiger partial charge in [0.25, 0.3) is 5.91 Å². The molecule has 1 saturated carbocycles. The van der Waals surface area contributed by atoms with Crippen molar-refractivity contribution in [1.82, 2.24) is 4.98 Å². The van der Waals surface area contributed by atoms with Gasteiger partial charge in [-0.15, -0.1) is 0 Å². The predicted octanol–water partition coefficient (Wildman–Crippen LogP) is 1.71. The number of hydrogen-bond donors (Lipinski definition) is 2. The maximum atomic E-state index is 12.1. The summed E-state index contributed by atoms with van der Waals surface area (Å²) in [6.45, 7) is 0. The molecule has 1 heterocycles. The third kappa shape index (κ3) is 3.26. The molecule has 108 valence electrons. The molecule has 0 bridgehead atoms. The van der Waals surface area contributed by atoms with Gasteiger partial charge in [0, 0.05) is 5.92 Å². The van der Waals surface area contributed by atoms with E-state index < -0.39 is 5.91 Å². The lowest BCUT2D eigenvalue weighted by atomic mass is 9.88. The Balaban J connectivity index is 2.10. The minimum atomic E-state index is -0.636. The van der Waals surface area contributed by atoms with E-state index in [0.717, 1.165) is 25.7 Å². The molecule has 6 heteroatoms. The van der Waals surface area contributed by atoms with E-state index in [9.17, 15) is 9.59 Å². The Kier molecular flexibility index (Phi) is 4.55. The van der Waals surface area contributed by atoms with Gasteiger partial charge in [0.05, 0.1) is 19.0 Å². The molecular weight excluding hydrogens is 258 g/mol. The van der Waals surface area contributed by atoms with Crippen LogP contribution in [0.4, 0.5) is 5.69 Å². The molecule has 0 aliphatic heterocycles. The van der Waals surface area contributed by atoms with Crippen LogP contribution in [0.25, 0.3) is 0 Å². The number of nitrogens with two attached hydrogens (primary N) is 1. The molecule has 1 aromatic rings. The molecule has 1 aliphatic rings. The maximum absolute atomic E-state index is 12.1. The molecule has 1 fully saturated rings. The molecule has 0 unspecified atom stereocenters. The number of nitrogens with one attached hydrogen (secondary N) is 1. The fourth-order valence-electron chi connectivity index (χ4n) is 2.47. The Bertz CT molecular complexity index is 510. The second kappa shape index (κ2) is 6.36. The highest BCUT2D eigenvalue weighted by atomic mass is 16.5. The van der Waals surface area contributed by atoms with Crippen LogP contribution in [-0.4, -0.2) is 23.9 Å². The average molecular weight is 277 g/mol. The Morgan fingerprint density at radius 1 is 1.35 bits per heavy atom. The molecular formula is C14H19N3O3. The molecule has 3 N–H and O–H groups in total. The zero-order chi connectivity index (χ0) is 14.5. The van der Waals surface area contributed by atoms with Crippen LogP contribution in [0.3, 0.4) is 0 Å². The van der Waals surface area contributed by atoms with Gasteiger partial charge in [-0.25, -0.2) is 4.98 Å². The number of anilines is 1. The smallest absolute Gasteiger partial charge is 0.254 e. The van der Waals surface area contributed by atoms with Crippen molar-refractivity contribution in [2.24, 2.45) is 11.7 Å². The summed E-state index contributed by atoms with van der Waals surface area (Å²) >= 11 is 0. The Morgan fingerprint density at radius 3 is 2.65 bits per heavy atom. The van der Waals surface area contributed by atoms with Gasteiger partial charge in [-0.2, -0.15) is 0 Å². The van der Waals surface area contributed by atoms with E-state index in [-0.39, 0.29) is 23.3 Å². The summed E-state index contributed by atoms with van der Waals surface area (Å²) in [7, 11) is 1.41. The highest BCUT2D eigenvalue weighted by Crippen LogP contribution is 2.25. The number of carbonyl (C=O) groups is 2. The first-order valence-electron chi connectivity index (χ1n) is 6.76. The fraction of sp³-hybridized carbons (Fsp3) is 0.500. The van der Waals surface area contributed by atoms with Crippen molar-refractivity contribution < 1.29 is 14.3 Å². The van der Waals surface area contributed by atoms with E-state index in [1.54, 1.807) is 0 Å². The first kappa shape index (κ1) is 14.3. The average Bonchev–Trinajstić information content (AvgIpc) is 2.48. The molecule has 0 atom stereocenters. The van der Waals surface area contributed by atoms with Gasteiger partial charge in [0.1, 0.15) is 5.56 Å². The molecule has 2 amide bonds. The Morgan fingerprint density at radius 2 is 2.05 bits per heavy atom. The van der Waals surface area contributed by atoms with Crippen LogP contribution in [0.2, 0.25) is 0 Å². The van der Waals surface area contributed by atoms with Crippen LogP contribution in [0.5, 0.6) is 5.88 Å². The minimum Gasteiger partial charge on any atom is -0.480 e. The first-order chi connectivity index (χ1) is 9.61. The molecule has 2 rings (SSSR count). The normalized spacial score (nSPS) is 15.7. The van der Waals surface area contributed by atoms with Gasteiger partial charge >= 0.3 is 0 Å². The molecule has 0 saturated heterocycles. The standard InChI is InChI=1S/C14H19N3O3/c1-20-14-11(12(15)18)7-10(8-16-14)17-13(19)9-5-3-2-4-6-9/h7-9H,2-6H2,1H3,(H2,15,18)(H,17,19). The molecule has 1 aromatic heterocycles. The number of ether oxygens (including phenoxy) is 1. The number of primary amides is 1. The minimum absolute atomic E-state index is 0.0212. The van der Waals surface area contributed by atoms with Gasteiger partial charge in [0.2, 0.25) is 11.8 Å². The number of nitrogens with zero attached hydrogens (tertiary/aromatic N) is 1. The number of aromatic nitrogens is 1. The number of amides is 2. The van der Waals surface area contributed by atoms with Crippen LogP contribution in [0, 0.1) is 5.92 Å². The molecule has 0 radical (unpaired) electrons. The van der Waals surface area contributed by atoms with Crippen molar-refractivity contribution in [3.05, 3.63) is 17.8 Å². The maximum Gasteiger partial charge on any atom is 0.254 e. The zero-order valence-electron chi connectivity index (χ0n) is 11.5. The van der Waals surface area contributed by atoms with Gasteiger partial charge in [-0.3, -0.25) is 9.59 Å². The van der Waals surface area contributed by atoms with E-state index in [0.29, 0.717) is 5.69 Å². The van der Waals surface area contributed by atoms with Crippen LogP contribution < -0.4 is 15.8 Å². The second-order valence-corrected chi connectivity index (χ2v) is 4.97. The van der Waals surface area contributed by atoms with Crippen molar-refractivity contribution in [2.75, 3.05) is 12.4 Å². The Labute approximate surface area is 117 Å². The highest BCUT2D eigenvalue weighted by molar-refractivity contribution is 5.98. The summed E-state index contributed by atoms with van der Waals surface area (Å²) in [6.07, 6.45) is 6.67. The first-order valence-corrected chi connectivity index (χ1v) is 6.76. The van der Waals surface area contributed by atoms with Gasteiger partial charge < -0.3 is 15.8 Å². The topological polar surface area (TPSA) is 94.3 Å². The van der Waals surface area contributed by atoms with Crippen molar-refractivity contribution in [2.45, 2.75) is 32.1 Å². The molecule has 0 aromatic carbocycles. The summed E-state index contributed by atoms with van der Waals surface area (Å²) in [5.41, 5.74) is 5.89. The van der Waals surface area contributed by atoms with Gasteiger partial charge in [-0.05, 0) is 18.9 Å². The monoisotopic (exact) mass is 277 g/mol. The molecule has 20 heavy (non-hydrogen) atoms. The van der Waals surface area contributed by atoms with Crippen LogP contribution >= 0.6 is 0 Å². The fourth-order valence-corrected chi connectivity index (χ4v) is 2.47. The zero-order valence-corrected chi connectivity index (χ0v) is 11.5. The predicted molar refractivity (Wildman–Crippen MR) is 74.5 cm³/mol. The van der Waals surface area contributed by atoms with Crippen molar-refractivity contribution in [3.8, 4) is 5.88 Å². The van der Waals surface area contributed by atoms with Crippen molar-refractivity contribution in [3.63, 3.8) is 0 Å². The van der Waals surface area contributed by atoms with Gasteiger partial charge in [-0.1, -0.05) is 19.3 Å². The summed E-state index contributed by atoms with van der Waals surface area (Å²) in [6, 6.07) is 1.49. The molecule has 0 spiro atoms. The lowest BCUT2D eigenvalue weighted by molar-refractivity contribution is -0.120. The third-order valence-electron chi connectivity index (χ3n) is 3.55. The van der Waals surface area contributed by atoms with E-state index in [4.69, 9.17) is 10.5 Å². The number of methoxy groups -OCH3 is 1.